The third kappa shape index (κ3) is 5.30. The summed E-state index contributed by atoms with van der Waals surface area (Å²) < 4.78 is 26.5. The SMILES string of the molecule is O=S(=O)(Cc1cccc(CO)c1)NCCCc1ncc[nH]1. The van der Waals surface area contributed by atoms with Crippen molar-refractivity contribution in [3.8, 4) is 0 Å². The minimum absolute atomic E-state index is 0.0818. The number of benzene rings is 1. The van der Waals surface area contributed by atoms with Crippen LogP contribution in [0.4, 0.5) is 0 Å². The van der Waals surface area contributed by atoms with Gasteiger partial charge in [-0.1, -0.05) is 24.3 Å². The minimum atomic E-state index is -3.36. The Bertz CT molecular complexity index is 654. The molecule has 3 N–H and O–H groups in total. The van der Waals surface area contributed by atoms with E-state index in [1.165, 1.54) is 0 Å². The zero-order chi connectivity index (χ0) is 15.1. The molecule has 1 heterocycles. The Hall–Kier alpha value is -1.70. The lowest BCUT2D eigenvalue weighted by Crippen LogP contribution is -2.26. The van der Waals surface area contributed by atoms with Crippen LogP contribution in [0.2, 0.25) is 0 Å². The number of aromatic amines is 1. The van der Waals surface area contributed by atoms with E-state index in [2.05, 4.69) is 14.7 Å². The van der Waals surface area contributed by atoms with Gasteiger partial charge in [0.2, 0.25) is 10.0 Å². The molecule has 0 saturated heterocycles. The normalized spacial score (nSPS) is 11.7. The van der Waals surface area contributed by atoms with Crippen molar-refractivity contribution in [1.82, 2.24) is 14.7 Å². The van der Waals surface area contributed by atoms with Crippen molar-refractivity contribution >= 4 is 10.0 Å². The van der Waals surface area contributed by atoms with E-state index in [0.29, 0.717) is 30.5 Å². The second-order valence-corrected chi connectivity index (χ2v) is 6.58. The topological polar surface area (TPSA) is 95.1 Å². The second kappa shape index (κ2) is 7.35. The number of hydrogen-bond donors (Lipinski definition) is 3. The van der Waals surface area contributed by atoms with Gasteiger partial charge in [-0.05, 0) is 17.5 Å². The number of aliphatic hydroxyl groups excluding tert-OH is 1. The van der Waals surface area contributed by atoms with Gasteiger partial charge in [0.15, 0.2) is 0 Å². The van der Waals surface area contributed by atoms with Gasteiger partial charge in [-0.3, -0.25) is 0 Å². The van der Waals surface area contributed by atoms with E-state index < -0.39 is 10.0 Å². The molecule has 0 fully saturated rings. The van der Waals surface area contributed by atoms with Crippen molar-refractivity contribution in [1.29, 1.82) is 0 Å². The molecule has 0 aliphatic heterocycles. The summed E-state index contributed by atoms with van der Waals surface area (Å²) in [6, 6.07) is 6.93. The second-order valence-electron chi connectivity index (χ2n) is 4.77. The number of aryl methyl sites for hydroxylation is 1. The standard InChI is InChI=1S/C14H19N3O3S/c18-10-12-3-1-4-13(9-12)11-21(19,20)17-6-2-5-14-15-7-8-16-14/h1,3-4,7-9,17-18H,2,5-6,10-11H2,(H,15,16). The molecule has 1 aromatic carbocycles. The fraction of sp³-hybridized carbons (Fsp3) is 0.357. The Labute approximate surface area is 124 Å². The molecule has 7 heteroatoms. The summed E-state index contributed by atoms with van der Waals surface area (Å²) in [6.45, 7) is 0.285. The fourth-order valence-corrected chi connectivity index (χ4v) is 3.18. The number of hydrogen-bond acceptors (Lipinski definition) is 4. The van der Waals surface area contributed by atoms with Crippen LogP contribution in [0.5, 0.6) is 0 Å². The highest BCUT2D eigenvalue weighted by Crippen LogP contribution is 2.08. The summed E-state index contributed by atoms with van der Waals surface area (Å²) in [5.41, 5.74) is 1.38. The van der Waals surface area contributed by atoms with E-state index in [0.717, 1.165) is 5.82 Å². The molecule has 0 aliphatic carbocycles. The Morgan fingerprint density at radius 3 is 2.81 bits per heavy atom. The van der Waals surface area contributed by atoms with Gasteiger partial charge < -0.3 is 10.1 Å². The highest BCUT2D eigenvalue weighted by Gasteiger charge is 2.11. The molecule has 2 rings (SSSR count). The van der Waals surface area contributed by atoms with Crippen LogP contribution in [0.15, 0.2) is 36.7 Å². The molecule has 0 radical (unpaired) electrons. The van der Waals surface area contributed by atoms with Gasteiger partial charge in [-0.15, -0.1) is 0 Å². The predicted molar refractivity (Wildman–Crippen MR) is 79.9 cm³/mol. The third-order valence-electron chi connectivity index (χ3n) is 3.00. The largest absolute Gasteiger partial charge is 0.392 e. The summed E-state index contributed by atoms with van der Waals surface area (Å²) in [6.07, 6.45) is 4.81. The first-order valence-electron chi connectivity index (χ1n) is 6.73. The van der Waals surface area contributed by atoms with Crippen LogP contribution in [0.25, 0.3) is 0 Å². The first-order valence-corrected chi connectivity index (χ1v) is 8.38. The predicted octanol–water partition coefficient (Wildman–Crippen LogP) is 0.954. The lowest BCUT2D eigenvalue weighted by molar-refractivity contribution is 0.282. The molecular weight excluding hydrogens is 290 g/mol. The molecule has 0 atom stereocenters. The summed E-state index contributed by atoms with van der Waals surface area (Å²) in [5, 5.41) is 9.05. The van der Waals surface area contributed by atoms with Crippen LogP contribution in [-0.4, -0.2) is 30.0 Å². The zero-order valence-electron chi connectivity index (χ0n) is 11.6. The smallest absolute Gasteiger partial charge is 0.215 e. The Balaban J connectivity index is 1.81. The van der Waals surface area contributed by atoms with Gasteiger partial charge in [0.05, 0.1) is 12.4 Å². The van der Waals surface area contributed by atoms with Gasteiger partial charge in [0, 0.05) is 25.4 Å². The molecule has 0 bridgehead atoms. The molecule has 0 amide bonds. The highest BCUT2D eigenvalue weighted by atomic mass is 32.2. The molecule has 0 saturated carbocycles. The number of nitrogens with one attached hydrogen (secondary N) is 2. The maximum Gasteiger partial charge on any atom is 0.215 e. The van der Waals surface area contributed by atoms with E-state index in [4.69, 9.17) is 5.11 Å². The summed E-state index contributed by atoms with van der Waals surface area (Å²) in [5.74, 6) is 0.770. The van der Waals surface area contributed by atoms with Crippen LogP contribution in [-0.2, 0) is 28.8 Å². The third-order valence-corrected chi connectivity index (χ3v) is 4.36. The Kier molecular flexibility index (Phi) is 5.49. The van der Waals surface area contributed by atoms with Crippen molar-refractivity contribution in [3.05, 3.63) is 53.6 Å². The number of nitrogens with zero attached hydrogens (tertiary/aromatic N) is 1. The summed E-state index contributed by atoms with van der Waals surface area (Å²) >= 11 is 0. The number of aromatic nitrogens is 2. The molecule has 6 nitrogen and oxygen atoms in total. The van der Waals surface area contributed by atoms with Crippen LogP contribution >= 0.6 is 0 Å². The Morgan fingerprint density at radius 1 is 1.29 bits per heavy atom. The van der Waals surface area contributed by atoms with Crippen LogP contribution in [0, 0.1) is 0 Å². The van der Waals surface area contributed by atoms with Gasteiger partial charge in [-0.25, -0.2) is 18.1 Å². The quantitative estimate of drug-likeness (QED) is 0.633. The average Bonchev–Trinajstić information content (AvgIpc) is 2.96. The zero-order valence-corrected chi connectivity index (χ0v) is 12.4. The maximum atomic E-state index is 12.0. The summed E-state index contributed by atoms with van der Waals surface area (Å²) in [4.78, 5) is 7.06. The first-order chi connectivity index (χ1) is 10.1. The first kappa shape index (κ1) is 15.7. The van der Waals surface area contributed by atoms with E-state index >= 15 is 0 Å². The molecule has 0 spiro atoms. The van der Waals surface area contributed by atoms with E-state index in [1.54, 1.807) is 36.7 Å². The van der Waals surface area contributed by atoms with Gasteiger partial charge >= 0.3 is 0 Å². The molecule has 0 unspecified atom stereocenters. The number of imidazole rings is 1. The van der Waals surface area contributed by atoms with E-state index in [9.17, 15) is 8.42 Å². The fourth-order valence-electron chi connectivity index (χ4n) is 2.01. The molecule has 114 valence electrons. The van der Waals surface area contributed by atoms with Crippen molar-refractivity contribution in [3.63, 3.8) is 0 Å². The number of aliphatic hydroxyl groups is 1. The van der Waals surface area contributed by atoms with Gasteiger partial charge in [0.25, 0.3) is 0 Å². The molecule has 21 heavy (non-hydrogen) atoms. The number of sulfonamides is 1. The van der Waals surface area contributed by atoms with Crippen LogP contribution in [0.1, 0.15) is 23.4 Å². The molecular formula is C14H19N3O3S. The Morgan fingerprint density at radius 2 is 2.10 bits per heavy atom. The minimum Gasteiger partial charge on any atom is -0.392 e. The molecule has 1 aromatic heterocycles. The van der Waals surface area contributed by atoms with Gasteiger partial charge in [-0.2, -0.15) is 0 Å². The van der Waals surface area contributed by atoms with Crippen molar-refractivity contribution in [2.75, 3.05) is 6.54 Å². The molecule has 2 aromatic rings. The van der Waals surface area contributed by atoms with Crippen molar-refractivity contribution in [2.24, 2.45) is 0 Å². The number of rotatable bonds is 8. The maximum absolute atomic E-state index is 12.0. The van der Waals surface area contributed by atoms with Gasteiger partial charge in [0.1, 0.15) is 5.82 Å². The van der Waals surface area contributed by atoms with E-state index in [-0.39, 0.29) is 12.4 Å². The lowest BCUT2D eigenvalue weighted by atomic mass is 10.1. The van der Waals surface area contributed by atoms with Crippen molar-refractivity contribution < 1.29 is 13.5 Å². The van der Waals surface area contributed by atoms with Crippen LogP contribution < -0.4 is 4.72 Å². The molecule has 0 aliphatic rings. The lowest BCUT2D eigenvalue weighted by Gasteiger charge is -2.07. The van der Waals surface area contributed by atoms with Crippen molar-refractivity contribution in [2.45, 2.75) is 25.2 Å². The monoisotopic (exact) mass is 309 g/mol. The summed E-state index contributed by atoms with van der Waals surface area (Å²) in [7, 11) is -3.36. The van der Waals surface area contributed by atoms with E-state index in [1.807, 2.05) is 0 Å². The van der Waals surface area contributed by atoms with Crippen LogP contribution in [0.3, 0.4) is 0 Å². The number of H-pyrrole nitrogens is 1. The highest BCUT2D eigenvalue weighted by molar-refractivity contribution is 7.88. The average molecular weight is 309 g/mol.